The second-order valence-corrected chi connectivity index (χ2v) is 6.77. The van der Waals surface area contributed by atoms with Gasteiger partial charge < -0.3 is 10.2 Å². The first kappa shape index (κ1) is 16.0. The van der Waals surface area contributed by atoms with Crippen LogP contribution in [0.25, 0.3) is 0 Å². The number of piperidine rings is 1. The van der Waals surface area contributed by atoms with Gasteiger partial charge in [0.05, 0.1) is 5.56 Å². The molecular formula is C15H20ClIN2O. The van der Waals surface area contributed by atoms with E-state index in [1.54, 1.807) is 6.07 Å². The Hall–Kier alpha value is -0.330. The fraction of sp³-hybridized carbons (Fsp3) is 0.533. The van der Waals surface area contributed by atoms with Gasteiger partial charge in [-0.1, -0.05) is 18.5 Å². The summed E-state index contributed by atoms with van der Waals surface area (Å²) in [6.07, 6.45) is 2.16. The number of likely N-dealkylation sites (tertiary alicyclic amines) is 1. The molecule has 0 atom stereocenters. The van der Waals surface area contributed by atoms with Gasteiger partial charge in [-0.3, -0.25) is 4.79 Å². The first-order chi connectivity index (χ1) is 9.61. The van der Waals surface area contributed by atoms with Crippen LogP contribution in [0, 0.1) is 9.49 Å². The van der Waals surface area contributed by atoms with Crippen LogP contribution in [0.15, 0.2) is 18.2 Å². The number of nitrogens with zero attached hydrogens (tertiary/aromatic N) is 1. The van der Waals surface area contributed by atoms with Crippen LogP contribution in [0.3, 0.4) is 0 Å². The molecule has 20 heavy (non-hydrogen) atoms. The lowest BCUT2D eigenvalue weighted by atomic mass is 9.96. The molecule has 0 aliphatic carbocycles. The number of carbonyl (C=O) groups is 1. The smallest absolute Gasteiger partial charge is 0.254 e. The van der Waals surface area contributed by atoms with Gasteiger partial charge in [0, 0.05) is 21.7 Å². The normalized spacial score (nSPS) is 16.4. The zero-order chi connectivity index (χ0) is 14.5. The minimum absolute atomic E-state index is 0.110. The average Bonchev–Trinajstić information content (AvgIpc) is 2.47. The Morgan fingerprint density at radius 2 is 2.15 bits per heavy atom. The van der Waals surface area contributed by atoms with Gasteiger partial charge >= 0.3 is 0 Å². The number of rotatable bonds is 4. The molecule has 5 heteroatoms. The van der Waals surface area contributed by atoms with Crippen LogP contribution >= 0.6 is 34.2 Å². The number of hydrogen-bond acceptors (Lipinski definition) is 2. The van der Waals surface area contributed by atoms with Crippen molar-refractivity contribution in [2.24, 2.45) is 5.92 Å². The molecule has 0 saturated carbocycles. The zero-order valence-electron chi connectivity index (χ0n) is 11.7. The molecular weight excluding hydrogens is 387 g/mol. The van der Waals surface area contributed by atoms with Crippen molar-refractivity contribution in [3.05, 3.63) is 32.4 Å². The van der Waals surface area contributed by atoms with Crippen LogP contribution in [-0.2, 0) is 0 Å². The van der Waals surface area contributed by atoms with Crippen molar-refractivity contribution in [2.75, 3.05) is 26.2 Å². The molecule has 1 aromatic carbocycles. The molecule has 1 aromatic rings. The maximum Gasteiger partial charge on any atom is 0.254 e. The van der Waals surface area contributed by atoms with Gasteiger partial charge in [-0.05, 0) is 72.6 Å². The van der Waals surface area contributed by atoms with Crippen LogP contribution < -0.4 is 5.32 Å². The highest BCUT2D eigenvalue weighted by molar-refractivity contribution is 14.1. The summed E-state index contributed by atoms with van der Waals surface area (Å²) in [5.74, 6) is 0.802. The van der Waals surface area contributed by atoms with Gasteiger partial charge in [0.15, 0.2) is 0 Å². The predicted molar refractivity (Wildman–Crippen MR) is 91.3 cm³/mol. The van der Waals surface area contributed by atoms with Gasteiger partial charge in [0.2, 0.25) is 0 Å². The number of benzene rings is 1. The molecule has 0 spiro atoms. The Morgan fingerprint density at radius 3 is 2.80 bits per heavy atom. The molecule has 1 fully saturated rings. The Kier molecular flexibility index (Phi) is 6.11. The number of hydrogen-bond donors (Lipinski definition) is 1. The summed E-state index contributed by atoms with van der Waals surface area (Å²) in [4.78, 5) is 14.5. The Morgan fingerprint density at radius 1 is 1.45 bits per heavy atom. The molecule has 0 aromatic heterocycles. The first-order valence-corrected chi connectivity index (χ1v) is 8.52. The predicted octanol–water partition coefficient (Wildman–Crippen LogP) is 3.41. The van der Waals surface area contributed by atoms with Crippen LogP contribution in [0.1, 0.15) is 30.1 Å². The van der Waals surface area contributed by atoms with E-state index in [0.29, 0.717) is 10.9 Å². The Bertz CT molecular complexity index is 473. The minimum atomic E-state index is 0.110. The van der Waals surface area contributed by atoms with Gasteiger partial charge in [-0.15, -0.1) is 0 Å². The summed E-state index contributed by atoms with van der Waals surface area (Å²) < 4.78 is 0.965. The fourth-order valence-electron chi connectivity index (χ4n) is 2.52. The minimum Gasteiger partial charge on any atom is -0.339 e. The van der Waals surface area contributed by atoms with E-state index in [0.717, 1.165) is 48.2 Å². The molecule has 110 valence electrons. The third-order valence-electron chi connectivity index (χ3n) is 3.74. The first-order valence-electron chi connectivity index (χ1n) is 7.07. The van der Waals surface area contributed by atoms with Crippen molar-refractivity contribution in [3.63, 3.8) is 0 Å². The SMILES string of the molecule is CCNCC1CCN(C(=O)c2cc(Cl)ccc2I)CC1. The molecule has 1 heterocycles. The second kappa shape index (κ2) is 7.61. The van der Waals surface area contributed by atoms with Crippen LogP contribution in [-0.4, -0.2) is 37.0 Å². The summed E-state index contributed by atoms with van der Waals surface area (Å²) >= 11 is 8.19. The third-order valence-corrected chi connectivity index (χ3v) is 4.92. The van der Waals surface area contributed by atoms with E-state index in [2.05, 4.69) is 34.8 Å². The molecule has 1 saturated heterocycles. The number of carbonyl (C=O) groups excluding carboxylic acids is 1. The number of nitrogens with one attached hydrogen (secondary N) is 1. The molecule has 1 aliphatic rings. The van der Waals surface area contributed by atoms with Gasteiger partial charge in [-0.25, -0.2) is 0 Å². The largest absolute Gasteiger partial charge is 0.339 e. The van der Waals surface area contributed by atoms with Crippen molar-refractivity contribution >= 4 is 40.1 Å². The van der Waals surface area contributed by atoms with Crippen LogP contribution in [0.2, 0.25) is 5.02 Å². The Labute approximate surface area is 139 Å². The van der Waals surface area contributed by atoms with Crippen molar-refractivity contribution in [1.29, 1.82) is 0 Å². The van der Waals surface area contributed by atoms with Crippen LogP contribution in [0.4, 0.5) is 0 Å². The van der Waals surface area contributed by atoms with Gasteiger partial charge in [-0.2, -0.15) is 0 Å². The molecule has 1 amide bonds. The molecule has 1 aliphatic heterocycles. The summed E-state index contributed by atoms with van der Waals surface area (Å²) in [6, 6.07) is 5.49. The topological polar surface area (TPSA) is 32.3 Å². The lowest BCUT2D eigenvalue weighted by Crippen LogP contribution is -2.41. The summed E-state index contributed by atoms with van der Waals surface area (Å²) in [5, 5.41) is 4.01. The van der Waals surface area contributed by atoms with E-state index in [1.165, 1.54) is 0 Å². The number of amides is 1. The fourth-order valence-corrected chi connectivity index (χ4v) is 3.26. The van der Waals surface area contributed by atoms with E-state index in [4.69, 9.17) is 11.6 Å². The summed E-state index contributed by atoms with van der Waals surface area (Å²) in [6.45, 7) is 5.89. The number of halogens is 2. The van der Waals surface area contributed by atoms with E-state index in [-0.39, 0.29) is 5.91 Å². The lowest BCUT2D eigenvalue weighted by molar-refractivity contribution is 0.0689. The van der Waals surface area contributed by atoms with E-state index in [9.17, 15) is 4.79 Å². The van der Waals surface area contributed by atoms with Crippen molar-refractivity contribution in [2.45, 2.75) is 19.8 Å². The monoisotopic (exact) mass is 406 g/mol. The highest BCUT2D eigenvalue weighted by Gasteiger charge is 2.24. The van der Waals surface area contributed by atoms with Crippen molar-refractivity contribution < 1.29 is 4.79 Å². The van der Waals surface area contributed by atoms with Gasteiger partial charge in [0.25, 0.3) is 5.91 Å². The second-order valence-electron chi connectivity index (χ2n) is 5.17. The molecule has 0 bridgehead atoms. The van der Waals surface area contributed by atoms with E-state index < -0.39 is 0 Å². The highest BCUT2D eigenvalue weighted by Crippen LogP contribution is 2.23. The average molecular weight is 407 g/mol. The molecule has 3 nitrogen and oxygen atoms in total. The Balaban J connectivity index is 1.96. The zero-order valence-corrected chi connectivity index (χ0v) is 14.6. The molecule has 0 unspecified atom stereocenters. The maximum atomic E-state index is 12.5. The molecule has 1 N–H and O–H groups in total. The molecule has 2 rings (SSSR count). The summed E-state index contributed by atoms with van der Waals surface area (Å²) in [5.41, 5.74) is 0.725. The molecule has 0 radical (unpaired) electrons. The van der Waals surface area contributed by atoms with Crippen molar-refractivity contribution in [3.8, 4) is 0 Å². The highest BCUT2D eigenvalue weighted by atomic mass is 127. The summed E-state index contributed by atoms with van der Waals surface area (Å²) in [7, 11) is 0. The third kappa shape index (κ3) is 4.09. The quantitative estimate of drug-likeness (QED) is 0.777. The maximum absolute atomic E-state index is 12.5. The standard InChI is InChI=1S/C15H20ClIN2O/c1-2-18-10-11-5-7-19(8-6-11)15(20)13-9-12(16)3-4-14(13)17/h3-4,9,11,18H,2,5-8,10H2,1H3. The van der Waals surface area contributed by atoms with E-state index in [1.807, 2.05) is 17.0 Å². The lowest BCUT2D eigenvalue weighted by Gasteiger charge is -2.32. The van der Waals surface area contributed by atoms with Gasteiger partial charge in [0.1, 0.15) is 0 Å². The van der Waals surface area contributed by atoms with E-state index >= 15 is 0 Å². The van der Waals surface area contributed by atoms with Crippen LogP contribution in [0.5, 0.6) is 0 Å². The van der Waals surface area contributed by atoms with Crippen molar-refractivity contribution in [1.82, 2.24) is 10.2 Å².